The molecule has 1 saturated heterocycles. The van der Waals surface area contributed by atoms with E-state index in [-0.39, 0.29) is 23.8 Å². The zero-order valence-electron chi connectivity index (χ0n) is 16.3. The third kappa shape index (κ3) is 3.57. The van der Waals surface area contributed by atoms with Crippen LogP contribution in [0.25, 0.3) is 0 Å². The molecule has 2 saturated carbocycles. The van der Waals surface area contributed by atoms with Gasteiger partial charge in [0.25, 0.3) is 5.56 Å². The molecule has 2 aliphatic carbocycles. The van der Waals surface area contributed by atoms with E-state index in [1.165, 1.54) is 16.8 Å². The Kier molecular flexibility index (Phi) is 5.68. The van der Waals surface area contributed by atoms with Crippen LogP contribution in [0.15, 0.2) is 21.9 Å². The van der Waals surface area contributed by atoms with Crippen molar-refractivity contribution in [3.8, 4) is 0 Å². The van der Waals surface area contributed by atoms with Crippen LogP contribution in [-0.4, -0.2) is 47.7 Å². The Morgan fingerprint density at radius 1 is 1.21 bits per heavy atom. The van der Waals surface area contributed by atoms with E-state index in [2.05, 4.69) is 4.98 Å². The molecule has 3 fully saturated rings. The van der Waals surface area contributed by atoms with Crippen LogP contribution in [0.3, 0.4) is 0 Å². The summed E-state index contributed by atoms with van der Waals surface area (Å²) in [6, 6.07) is 1.33. The minimum atomic E-state index is -2.33. The van der Waals surface area contributed by atoms with Crippen molar-refractivity contribution in [1.29, 1.82) is 0 Å². The van der Waals surface area contributed by atoms with Crippen molar-refractivity contribution < 1.29 is 18.5 Å². The molecular formula is C18H27N2O6PS. The Labute approximate surface area is 168 Å². The topological polar surface area (TPSA) is 91.8 Å². The average molecular weight is 430 g/mol. The van der Waals surface area contributed by atoms with Gasteiger partial charge < -0.3 is 18.5 Å². The van der Waals surface area contributed by atoms with Crippen molar-refractivity contribution in [2.24, 2.45) is 17.8 Å². The third-order valence-corrected chi connectivity index (χ3v) is 10.0. The summed E-state index contributed by atoms with van der Waals surface area (Å²) in [5, 5.41) is 0. The number of rotatable bonds is 8. The second-order valence-electron chi connectivity index (χ2n) is 7.61. The first-order chi connectivity index (χ1) is 13.4. The van der Waals surface area contributed by atoms with E-state index in [1.807, 2.05) is 13.8 Å². The fourth-order valence-electron chi connectivity index (χ4n) is 4.61. The molecule has 1 aromatic rings. The zero-order valence-corrected chi connectivity index (χ0v) is 18.0. The zero-order chi connectivity index (χ0) is 20.1. The number of hydrogen-bond acceptors (Lipinski definition) is 7. The fourth-order valence-corrected chi connectivity index (χ4v) is 8.29. The van der Waals surface area contributed by atoms with Crippen molar-refractivity contribution in [3.05, 3.63) is 33.1 Å². The van der Waals surface area contributed by atoms with Crippen LogP contribution < -0.4 is 11.2 Å². The van der Waals surface area contributed by atoms with Gasteiger partial charge in [-0.25, -0.2) is 4.79 Å². The highest BCUT2D eigenvalue weighted by atomic mass is 32.5. The Hall–Kier alpha value is -0.830. The van der Waals surface area contributed by atoms with Crippen molar-refractivity contribution in [2.45, 2.75) is 50.8 Å². The van der Waals surface area contributed by atoms with E-state index in [0.717, 1.165) is 12.8 Å². The summed E-state index contributed by atoms with van der Waals surface area (Å²) in [6.07, 6.45) is 2.62. The number of aromatic amines is 1. The minimum Gasteiger partial charge on any atom is -0.376 e. The number of hydrogen-bond donors (Lipinski definition) is 1. The molecule has 7 atom stereocenters. The minimum absolute atomic E-state index is 0.00605. The summed E-state index contributed by atoms with van der Waals surface area (Å²) in [5.41, 5.74) is -0.720. The van der Waals surface area contributed by atoms with Gasteiger partial charge in [0.1, 0.15) is 6.10 Å². The monoisotopic (exact) mass is 430 g/mol. The Bertz CT molecular complexity index is 877. The molecule has 8 nitrogen and oxygen atoms in total. The van der Waals surface area contributed by atoms with E-state index in [1.54, 1.807) is 7.11 Å². The van der Waals surface area contributed by atoms with Gasteiger partial charge in [0.2, 0.25) is 0 Å². The van der Waals surface area contributed by atoms with Crippen molar-refractivity contribution >= 4 is 18.3 Å². The van der Waals surface area contributed by atoms with Gasteiger partial charge in [-0.3, -0.25) is 14.3 Å². The van der Waals surface area contributed by atoms with Gasteiger partial charge in [-0.1, -0.05) is 0 Å². The highest BCUT2D eigenvalue weighted by Crippen LogP contribution is 2.69. The van der Waals surface area contributed by atoms with Crippen LogP contribution in [0.2, 0.25) is 0 Å². The first kappa shape index (κ1) is 20.4. The number of ether oxygens (including phenoxy) is 2. The molecule has 156 valence electrons. The molecule has 5 unspecified atom stereocenters. The van der Waals surface area contributed by atoms with Gasteiger partial charge in [-0.2, -0.15) is 0 Å². The molecule has 1 aromatic heterocycles. The number of nitrogens with zero attached hydrogens (tertiary/aromatic N) is 1. The second-order valence-corrected chi connectivity index (χ2v) is 11.4. The van der Waals surface area contributed by atoms with Crippen LogP contribution in [0.4, 0.5) is 0 Å². The molecule has 0 aromatic carbocycles. The lowest BCUT2D eigenvalue weighted by molar-refractivity contribution is -0.176. The number of methoxy groups -OCH3 is 1. The van der Waals surface area contributed by atoms with E-state index in [0.29, 0.717) is 25.0 Å². The standard InChI is InChI=1S/C18H27N2O6PS/c1-4-24-27(28,25-5-2)13-9-12(13)15-10-8-11(10)16(23-3)17(26-15)20-7-6-14(21)19-18(20)22/h6-7,10-13,15-17H,4-5,8-9H2,1-3H3,(H,19,21,22)/t10?,11?,12?,13?,15-,16?,17+/m0/s1. The number of H-pyrrole nitrogens is 1. The van der Waals surface area contributed by atoms with Gasteiger partial charge in [-0.15, -0.1) is 0 Å². The summed E-state index contributed by atoms with van der Waals surface area (Å²) in [5.74, 6) is 1.02. The van der Waals surface area contributed by atoms with Gasteiger partial charge in [0, 0.05) is 25.0 Å². The van der Waals surface area contributed by atoms with Gasteiger partial charge in [0.05, 0.1) is 19.3 Å². The molecule has 3 aliphatic rings. The molecule has 1 aliphatic heterocycles. The maximum absolute atomic E-state index is 12.3. The maximum atomic E-state index is 12.3. The van der Waals surface area contributed by atoms with E-state index in [9.17, 15) is 9.59 Å². The highest BCUT2D eigenvalue weighted by molar-refractivity contribution is 8.10. The normalized spacial score (nSPS) is 36.8. The van der Waals surface area contributed by atoms with E-state index in [4.69, 9.17) is 30.3 Å². The summed E-state index contributed by atoms with van der Waals surface area (Å²) in [6.45, 7) is 2.62. The summed E-state index contributed by atoms with van der Waals surface area (Å²) in [7, 11) is 1.64. The van der Waals surface area contributed by atoms with Crippen LogP contribution in [0.1, 0.15) is 32.9 Å². The fraction of sp³-hybridized carbons (Fsp3) is 0.778. The average Bonchev–Trinajstić information content (AvgIpc) is 3.54. The summed E-state index contributed by atoms with van der Waals surface area (Å²) in [4.78, 5) is 26.1. The molecule has 2 heterocycles. The van der Waals surface area contributed by atoms with Crippen molar-refractivity contribution in [3.63, 3.8) is 0 Å². The lowest BCUT2D eigenvalue weighted by Crippen LogP contribution is -2.45. The molecule has 0 amide bonds. The second kappa shape index (κ2) is 7.78. The molecular weight excluding hydrogens is 403 g/mol. The Morgan fingerprint density at radius 2 is 1.93 bits per heavy atom. The summed E-state index contributed by atoms with van der Waals surface area (Å²) >= 11 is 5.78. The van der Waals surface area contributed by atoms with Crippen LogP contribution >= 0.6 is 6.49 Å². The SMILES string of the molecule is CCOP(=S)(OCC)C1CC1[C@H]1O[C@@H](n2ccc(=O)[nH]c2=O)C(OC)C2CC21. The first-order valence-corrected chi connectivity index (χ1v) is 12.5. The quantitative estimate of drug-likeness (QED) is 0.630. The smallest absolute Gasteiger partial charge is 0.330 e. The van der Waals surface area contributed by atoms with Crippen LogP contribution in [-0.2, 0) is 30.3 Å². The molecule has 10 heteroatoms. The molecule has 0 bridgehead atoms. The summed E-state index contributed by atoms with van der Waals surface area (Å²) < 4.78 is 25.3. The molecule has 1 N–H and O–H groups in total. The number of nitrogens with one attached hydrogen (secondary N) is 1. The highest BCUT2D eigenvalue weighted by Gasteiger charge is 2.64. The van der Waals surface area contributed by atoms with Gasteiger partial charge in [0.15, 0.2) is 12.7 Å². The van der Waals surface area contributed by atoms with Crippen LogP contribution in [0, 0.1) is 17.8 Å². The number of fused-ring (bicyclic) bond motifs is 1. The molecule has 0 spiro atoms. The van der Waals surface area contributed by atoms with Crippen LogP contribution in [0.5, 0.6) is 0 Å². The van der Waals surface area contributed by atoms with Crippen molar-refractivity contribution in [1.82, 2.24) is 9.55 Å². The van der Waals surface area contributed by atoms with E-state index >= 15 is 0 Å². The van der Waals surface area contributed by atoms with Gasteiger partial charge >= 0.3 is 5.69 Å². The van der Waals surface area contributed by atoms with Crippen molar-refractivity contribution in [2.75, 3.05) is 20.3 Å². The van der Waals surface area contributed by atoms with Gasteiger partial charge in [-0.05, 0) is 56.2 Å². The predicted molar refractivity (Wildman–Crippen MR) is 107 cm³/mol. The largest absolute Gasteiger partial charge is 0.376 e. The molecule has 4 rings (SSSR count). The Morgan fingerprint density at radius 3 is 2.54 bits per heavy atom. The van der Waals surface area contributed by atoms with E-state index < -0.39 is 24.0 Å². The third-order valence-electron chi connectivity index (χ3n) is 5.96. The first-order valence-electron chi connectivity index (χ1n) is 9.82. The maximum Gasteiger partial charge on any atom is 0.330 e. The molecule has 0 radical (unpaired) electrons. The molecule has 28 heavy (non-hydrogen) atoms. The lowest BCUT2D eigenvalue weighted by atomic mass is 10.0. The number of aromatic nitrogens is 2. The lowest BCUT2D eigenvalue weighted by Gasteiger charge is -2.36. The predicted octanol–water partition coefficient (Wildman–Crippen LogP) is 1.86. The Balaban J connectivity index is 1.57.